The summed E-state index contributed by atoms with van der Waals surface area (Å²) in [5, 5.41) is 9.31. The molecule has 0 saturated heterocycles. The molecule has 1 aromatic carbocycles. The van der Waals surface area contributed by atoms with Crippen LogP contribution in [0.4, 0.5) is 0 Å². The first-order chi connectivity index (χ1) is 7.09. The summed E-state index contributed by atoms with van der Waals surface area (Å²) in [4.78, 5) is 2.27. The van der Waals surface area contributed by atoms with Gasteiger partial charge < -0.3 is 5.11 Å². The van der Waals surface area contributed by atoms with E-state index < -0.39 is 0 Å². The molecule has 1 aromatic rings. The molecule has 0 spiro atoms. The van der Waals surface area contributed by atoms with Gasteiger partial charge in [0.15, 0.2) is 0 Å². The van der Waals surface area contributed by atoms with Crippen LogP contribution in [-0.2, 0) is 6.54 Å². The van der Waals surface area contributed by atoms with Gasteiger partial charge in [0.05, 0.1) is 6.10 Å². The zero-order chi connectivity index (χ0) is 11.3. The van der Waals surface area contributed by atoms with Crippen molar-refractivity contribution in [2.75, 3.05) is 7.05 Å². The molecule has 0 bridgehead atoms. The van der Waals surface area contributed by atoms with Crippen LogP contribution < -0.4 is 0 Å². The molecule has 0 saturated carbocycles. The van der Waals surface area contributed by atoms with Gasteiger partial charge in [0.25, 0.3) is 0 Å². The van der Waals surface area contributed by atoms with Crippen molar-refractivity contribution in [2.24, 2.45) is 0 Å². The van der Waals surface area contributed by atoms with E-state index in [1.54, 1.807) is 0 Å². The van der Waals surface area contributed by atoms with Crippen molar-refractivity contribution in [1.29, 1.82) is 0 Å². The Morgan fingerprint density at radius 3 is 2.33 bits per heavy atom. The first-order valence-electron chi connectivity index (χ1n) is 5.52. The van der Waals surface area contributed by atoms with E-state index in [-0.39, 0.29) is 6.10 Å². The number of benzene rings is 1. The lowest BCUT2D eigenvalue weighted by molar-refractivity contribution is 0.131. The van der Waals surface area contributed by atoms with Crippen molar-refractivity contribution in [2.45, 2.75) is 39.0 Å². The highest BCUT2D eigenvalue weighted by atomic mass is 16.3. The zero-order valence-corrected chi connectivity index (χ0v) is 9.85. The van der Waals surface area contributed by atoms with E-state index in [4.69, 9.17) is 0 Å². The molecule has 1 N–H and O–H groups in total. The molecule has 2 atom stereocenters. The van der Waals surface area contributed by atoms with E-state index in [1.807, 2.05) is 13.0 Å². The molecule has 0 aromatic heterocycles. The normalized spacial score (nSPS) is 15.3. The van der Waals surface area contributed by atoms with Crippen molar-refractivity contribution in [3.05, 3.63) is 35.9 Å². The third-order valence-electron chi connectivity index (χ3n) is 2.71. The minimum Gasteiger partial charge on any atom is -0.393 e. The van der Waals surface area contributed by atoms with E-state index >= 15 is 0 Å². The molecule has 0 radical (unpaired) electrons. The van der Waals surface area contributed by atoms with Gasteiger partial charge in [-0.15, -0.1) is 0 Å². The van der Waals surface area contributed by atoms with Crippen LogP contribution in [0.1, 0.15) is 25.8 Å². The van der Waals surface area contributed by atoms with Crippen molar-refractivity contribution >= 4 is 0 Å². The lowest BCUT2D eigenvalue weighted by Gasteiger charge is -2.25. The van der Waals surface area contributed by atoms with E-state index in [0.717, 1.165) is 13.0 Å². The largest absolute Gasteiger partial charge is 0.393 e. The second-order valence-electron chi connectivity index (χ2n) is 4.33. The Labute approximate surface area is 92.5 Å². The van der Waals surface area contributed by atoms with Crippen molar-refractivity contribution in [3.8, 4) is 0 Å². The summed E-state index contributed by atoms with van der Waals surface area (Å²) in [6.45, 7) is 4.93. The van der Waals surface area contributed by atoms with E-state index in [9.17, 15) is 5.11 Å². The standard InChI is InChI=1S/C13H21NO/c1-11(9-12(2)15)14(3)10-13-7-5-4-6-8-13/h4-8,11-12,15H,9-10H2,1-3H3. The predicted octanol–water partition coefficient (Wildman–Crippen LogP) is 2.28. The second-order valence-corrected chi connectivity index (χ2v) is 4.33. The van der Waals surface area contributed by atoms with Crippen molar-refractivity contribution in [3.63, 3.8) is 0 Å². The lowest BCUT2D eigenvalue weighted by atomic mass is 10.1. The zero-order valence-electron chi connectivity index (χ0n) is 9.85. The molecule has 0 aliphatic rings. The summed E-state index contributed by atoms with van der Waals surface area (Å²) < 4.78 is 0. The van der Waals surface area contributed by atoms with Gasteiger partial charge >= 0.3 is 0 Å². The molecule has 2 heteroatoms. The monoisotopic (exact) mass is 207 g/mol. The number of aliphatic hydroxyl groups excluding tert-OH is 1. The number of hydrogen-bond donors (Lipinski definition) is 1. The fourth-order valence-electron chi connectivity index (χ4n) is 1.70. The van der Waals surface area contributed by atoms with Crippen molar-refractivity contribution in [1.82, 2.24) is 4.90 Å². The fourth-order valence-corrected chi connectivity index (χ4v) is 1.70. The maximum Gasteiger partial charge on any atom is 0.0526 e. The molecule has 2 unspecified atom stereocenters. The molecular formula is C13H21NO. The molecule has 1 rings (SSSR count). The lowest BCUT2D eigenvalue weighted by Crippen LogP contribution is -2.31. The SMILES string of the molecule is CC(O)CC(C)N(C)Cc1ccccc1. The highest BCUT2D eigenvalue weighted by Crippen LogP contribution is 2.09. The quantitative estimate of drug-likeness (QED) is 0.800. The molecule has 15 heavy (non-hydrogen) atoms. The minimum atomic E-state index is -0.224. The molecule has 2 nitrogen and oxygen atoms in total. The average molecular weight is 207 g/mol. The number of nitrogens with zero attached hydrogens (tertiary/aromatic N) is 1. The Balaban J connectivity index is 2.45. The van der Waals surface area contributed by atoms with Gasteiger partial charge in [-0.3, -0.25) is 4.90 Å². The van der Waals surface area contributed by atoms with Gasteiger partial charge in [-0.1, -0.05) is 30.3 Å². The summed E-state index contributed by atoms with van der Waals surface area (Å²) in [6.07, 6.45) is 0.599. The van der Waals surface area contributed by atoms with Crippen LogP contribution in [0.2, 0.25) is 0 Å². The molecule has 0 amide bonds. The van der Waals surface area contributed by atoms with Crippen LogP contribution in [0, 0.1) is 0 Å². The van der Waals surface area contributed by atoms with Crippen LogP contribution >= 0.6 is 0 Å². The van der Waals surface area contributed by atoms with Gasteiger partial charge in [0.1, 0.15) is 0 Å². The van der Waals surface area contributed by atoms with E-state index in [2.05, 4.69) is 43.1 Å². The fraction of sp³-hybridized carbons (Fsp3) is 0.538. The predicted molar refractivity (Wildman–Crippen MR) is 63.7 cm³/mol. The highest BCUT2D eigenvalue weighted by Gasteiger charge is 2.11. The Hall–Kier alpha value is -0.860. The summed E-state index contributed by atoms with van der Waals surface area (Å²) >= 11 is 0. The molecular weight excluding hydrogens is 186 g/mol. The van der Waals surface area contributed by atoms with E-state index in [1.165, 1.54) is 5.56 Å². The average Bonchev–Trinajstić information content (AvgIpc) is 2.18. The summed E-state index contributed by atoms with van der Waals surface area (Å²) in [5.74, 6) is 0. The summed E-state index contributed by atoms with van der Waals surface area (Å²) in [6, 6.07) is 10.8. The van der Waals surface area contributed by atoms with Crippen LogP contribution in [0.15, 0.2) is 30.3 Å². The highest BCUT2D eigenvalue weighted by molar-refractivity contribution is 5.14. The van der Waals surface area contributed by atoms with Crippen LogP contribution in [0.3, 0.4) is 0 Å². The van der Waals surface area contributed by atoms with Gasteiger partial charge in [-0.2, -0.15) is 0 Å². The molecule has 0 aliphatic heterocycles. The minimum absolute atomic E-state index is 0.224. The first-order valence-corrected chi connectivity index (χ1v) is 5.52. The van der Waals surface area contributed by atoms with Gasteiger partial charge in [0, 0.05) is 12.6 Å². The van der Waals surface area contributed by atoms with Crippen LogP contribution in [0.25, 0.3) is 0 Å². The van der Waals surface area contributed by atoms with Gasteiger partial charge in [-0.05, 0) is 32.9 Å². The number of hydrogen-bond acceptors (Lipinski definition) is 2. The Kier molecular flexibility index (Phi) is 4.79. The Morgan fingerprint density at radius 2 is 1.80 bits per heavy atom. The van der Waals surface area contributed by atoms with E-state index in [0.29, 0.717) is 6.04 Å². The van der Waals surface area contributed by atoms with Crippen LogP contribution in [0.5, 0.6) is 0 Å². The second kappa shape index (κ2) is 5.89. The maximum atomic E-state index is 9.31. The first kappa shape index (κ1) is 12.2. The van der Waals surface area contributed by atoms with Crippen LogP contribution in [-0.4, -0.2) is 29.2 Å². The third kappa shape index (κ3) is 4.45. The van der Waals surface area contributed by atoms with Gasteiger partial charge in [-0.25, -0.2) is 0 Å². The summed E-state index contributed by atoms with van der Waals surface area (Å²) in [7, 11) is 2.10. The number of aliphatic hydroxyl groups is 1. The molecule has 84 valence electrons. The Bertz CT molecular complexity index is 271. The summed E-state index contributed by atoms with van der Waals surface area (Å²) in [5.41, 5.74) is 1.32. The molecule has 0 aliphatic carbocycles. The van der Waals surface area contributed by atoms with Gasteiger partial charge in [0.2, 0.25) is 0 Å². The van der Waals surface area contributed by atoms with Crippen molar-refractivity contribution < 1.29 is 5.11 Å². The Morgan fingerprint density at radius 1 is 1.20 bits per heavy atom. The smallest absolute Gasteiger partial charge is 0.0526 e. The maximum absolute atomic E-state index is 9.31. The third-order valence-corrected chi connectivity index (χ3v) is 2.71. The molecule has 0 fully saturated rings. The number of rotatable bonds is 5. The molecule has 0 heterocycles. The topological polar surface area (TPSA) is 23.5 Å².